The Morgan fingerprint density at radius 2 is 2.23 bits per heavy atom. The lowest BCUT2D eigenvalue weighted by Gasteiger charge is -2.03. The molecule has 0 radical (unpaired) electrons. The highest BCUT2D eigenvalue weighted by Crippen LogP contribution is 2.17. The van der Waals surface area contributed by atoms with E-state index in [1.807, 2.05) is 6.92 Å². The third kappa shape index (κ3) is 3.69. The maximum Gasteiger partial charge on any atom is 0.294 e. The molecule has 1 rings (SSSR count). The summed E-state index contributed by atoms with van der Waals surface area (Å²) in [7, 11) is 0. The predicted octanol–water partition coefficient (Wildman–Crippen LogP) is 1.43. The van der Waals surface area contributed by atoms with Gasteiger partial charge in [0.05, 0.1) is 13.2 Å². The summed E-state index contributed by atoms with van der Waals surface area (Å²) in [6.07, 6.45) is 0. The minimum Gasteiger partial charge on any atom is -0.469 e. The second kappa shape index (κ2) is 5.14. The molecule has 0 atom stereocenters. The highest BCUT2D eigenvalue weighted by atomic mass is 32.1. The number of hydrogen-bond donors (Lipinski definition) is 1. The summed E-state index contributed by atoms with van der Waals surface area (Å²) in [5, 5.41) is 12.8. The SMILES string of the molecule is CCOc1nnc(CNC(C)C)s1. The summed E-state index contributed by atoms with van der Waals surface area (Å²) in [5.74, 6) is 0. The normalized spacial score (nSPS) is 10.8. The third-order valence-electron chi connectivity index (χ3n) is 1.38. The van der Waals surface area contributed by atoms with Gasteiger partial charge in [0.25, 0.3) is 5.19 Å². The van der Waals surface area contributed by atoms with Crippen molar-refractivity contribution in [3.05, 3.63) is 5.01 Å². The van der Waals surface area contributed by atoms with Gasteiger partial charge in [0.1, 0.15) is 5.01 Å². The highest BCUT2D eigenvalue weighted by Gasteiger charge is 2.04. The van der Waals surface area contributed by atoms with E-state index in [1.165, 1.54) is 11.3 Å². The zero-order valence-corrected chi connectivity index (χ0v) is 9.02. The van der Waals surface area contributed by atoms with E-state index in [0.29, 0.717) is 17.8 Å². The van der Waals surface area contributed by atoms with Gasteiger partial charge in [-0.2, -0.15) is 0 Å². The van der Waals surface area contributed by atoms with E-state index in [0.717, 1.165) is 11.6 Å². The van der Waals surface area contributed by atoms with Crippen LogP contribution in [0.15, 0.2) is 0 Å². The van der Waals surface area contributed by atoms with Gasteiger partial charge in [-0.1, -0.05) is 25.2 Å². The molecule has 0 saturated carbocycles. The zero-order chi connectivity index (χ0) is 9.68. The van der Waals surface area contributed by atoms with Crippen LogP contribution < -0.4 is 10.1 Å². The average Bonchev–Trinajstić information content (AvgIpc) is 2.50. The lowest BCUT2D eigenvalue weighted by Crippen LogP contribution is -2.21. The van der Waals surface area contributed by atoms with Gasteiger partial charge in [0.2, 0.25) is 0 Å². The number of rotatable bonds is 5. The Labute approximate surface area is 82.3 Å². The quantitative estimate of drug-likeness (QED) is 0.783. The van der Waals surface area contributed by atoms with Crippen molar-refractivity contribution in [1.29, 1.82) is 0 Å². The Balaban J connectivity index is 2.39. The second-order valence-corrected chi connectivity index (χ2v) is 3.95. The van der Waals surface area contributed by atoms with Crippen LogP contribution in [0.5, 0.6) is 5.19 Å². The Morgan fingerprint density at radius 3 is 2.85 bits per heavy atom. The van der Waals surface area contributed by atoms with E-state index in [1.54, 1.807) is 0 Å². The molecule has 0 aliphatic heterocycles. The van der Waals surface area contributed by atoms with Crippen molar-refractivity contribution in [3.63, 3.8) is 0 Å². The molecular weight excluding hydrogens is 186 g/mol. The average molecular weight is 201 g/mol. The first-order valence-electron chi connectivity index (χ1n) is 4.41. The van der Waals surface area contributed by atoms with Crippen LogP contribution in [0.1, 0.15) is 25.8 Å². The smallest absolute Gasteiger partial charge is 0.294 e. The maximum atomic E-state index is 5.21. The first kappa shape index (κ1) is 10.4. The molecule has 0 fully saturated rings. The molecule has 1 aromatic rings. The van der Waals surface area contributed by atoms with Gasteiger partial charge in [0.15, 0.2) is 0 Å². The Morgan fingerprint density at radius 1 is 1.46 bits per heavy atom. The van der Waals surface area contributed by atoms with Crippen molar-refractivity contribution in [3.8, 4) is 5.19 Å². The van der Waals surface area contributed by atoms with Crippen LogP contribution in [0.2, 0.25) is 0 Å². The number of hydrogen-bond acceptors (Lipinski definition) is 5. The molecule has 5 heteroatoms. The van der Waals surface area contributed by atoms with Gasteiger partial charge >= 0.3 is 0 Å². The highest BCUT2D eigenvalue weighted by molar-refractivity contribution is 7.13. The van der Waals surface area contributed by atoms with Crippen molar-refractivity contribution in [1.82, 2.24) is 15.5 Å². The van der Waals surface area contributed by atoms with Crippen LogP contribution in [0, 0.1) is 0 Å². The van der Waals surface area contributed by atoms with Gasteiger partial charge in [-0.05, 0) is 6.92 Å². The molecule has 0 bridgehead atoms. The Kier molecular flexibility index (Phi) is 4.11. The molecule has 0 aliphatic rings. The van der Waals surface area contributed by atoms with Crippen LogP contribution in [0.25, 0.3) is 0 Å². The molecule has 0 amide bonds. The predicted molar refractivity (Wildman–Crippen MR) is 53.1 cm³/mol. The van der Waals surface area contributed by atoms with Crippen LogP contribution in [-0.2, 0) is 6.54 Å². The summed E-state index contributed by atoms with van der Waals surface area (Å²) in [6, 6.07) is 0.472. The largest absolute Gasteiger partial charge is 0.469 e. The molecule has 1 N–H and O–H groups in total. The lowest BCUT2D eigenvalue weighted by atomic mass is 10.4. The Hall–Kier alpha value is -0.680. The summed E-state index contributed by atoms with van der Waals surface area (Å²) in [6.45, 7) is 7.55. The number of nitrogens with one attached hydrogen (secondary N) is 1. The van der Waals surface area contributed by atoms with E-state index in [4.69, 9.17) is 4.74 Å². The van der Waals surface area contributed by atoms with E-state index < -0.39 is 0 Å². The molecule has 4 nitrogen and oxygen atoms in total. The molecule has 0 spiro atoms. The van der Waals surface area contributed by atoms with E-state index >= 15 is 0 Å². The first-order valence-corrected chi connectivity index (χ1v) is 5.22. The van der Waals surface area contributed by atoms with Gasteiger partial charge in [0, 0.05) is 6.04 Å². The topological polar surface area (TPSA) is 47.0 Å². The molecule has 0 aliphatic carbocycles. The molecule has 1 heterocycles. The third-order valence-corrected chi connectivity index (χ3v) is 2.21. The maximum absolute atomic E-state index is 5.21. The van der Waals surface area contributed by atoms with Crippen LogP contribution in [0.3, 0.4) is 0 Å². The molecule has 74 valence electrons. The first-order chi connectivity index (χ1) is 6.22. The van der Waals surface area contributed by atoms with E-state index in [9.17, 15) is 0 Å². The van der Waals surface area contributed by atoms with Crippen molar-refractivity contribution in [2.24, 2.45) is 0 Å². The van der Waals surface area contributed by atoms with Crippen molar-refractivity contribution < 1.29 is 4.74 Å². The fourth-order valence-corrected chi connectivity index (χ4v) is 1.48. The van der Waals surface area contributed by atoms with E-state index in [-0.39, 0.29) is 0 Å². The molecule has 13 heavy (non-hydrogen) atoms. The van der Waals surface area contributed by atoms with Crippen LogP contribution in [-0.4, -0.2) is 22.8 Å². The summed E-state index contributed by atoms with van der Waals surface area (Å²) >= 11 is 1.49. The molecular formula is C8H15N3OS. The summed E-state index contributed by atoms with van der Waals surface area (Å²) in [5.41, 5.74) is 0. The van der Waals surface area contributed by atoms with Crippen molar-refractivity contribution in [2.75, 3.05) is 6.61 Å². The van der Waals surface area contributed by atoms with Gasteiger partial charge in [-0.15, -0.1) is 10.2 Å². The van der Waals surface area contributed by atoms with Gasteiger partial charge < -0.3 is 10.1 Å². The van der Waals surface area contributed by atoms with Crippen molar-refractivity contribution in [2.45, 2.75) is 33.4 Å². The Bertz CT molecular complexity index is 249. The standard InChI is InChI=1S/C8H15N3OS/c1-4-12-8-11-10-7(13-8)5-9-6(2)3/h6,9H,4-5H2,1-3H3. The molecule has 0 unspecified atom stereocenters. The van der Waals surface area contributed by atoms with Crippen LogP contribution in [0.4, 0.5) is 0 Å². The minimum absolute atomic E-state index is 0.472. The second-order valence-electron chi connectivity index (χ2n) is 2.93. The van der Waals surface area contributed by atoms with E-state index in [2.05, 4.69) is 29.4 Å². The lowest BCUT2D eigenvalue weighted by molar-refractivity contribution is 0.335. The number of nitrogens with zero attached hydrogens (tertiary/aromatic N) is 2. The minimum atomic E-state index is 0.472. The van der Waals surface area contributed by atoms with Gasteiger partial charge in [-0.25, -0.2) is 0 Å². The summed E-state index contributed by atoms with van der Waals surface area (Å²) < 4.78 is 5.21. The van der Waals surface area contributed by atoms with Gasteiger partial charge in [-0.3, -0.25) is 0 Å². The fourth-order valence-electron chi connectivity index (χ4n) is 0.783. The fraction of sp³-hybridized carbons (Fsp3) is 0.750. The monoisotopic (exact) mass is 201 g/mol. The number of aromatic nitrogens is 2. The molecule has 0 aromatic carbocycles. The molecule has 1 aromatic heterocycles. The summed E-state index contributed by atoms with van der Waals surface area (Å²) in [4.78, 5) is 0. The number of ether oxygens (including phenoxy) is 1. The molecule has 0 saturated heterocycles. The van der Waals surface area contributed by atoms with Crippen LogP contribution >= 0.6 is 11.3 Å². The zero-order valence-electron chi connectivity index (χ0n) is 8.20. The van der Waals surface area contributed by atoms with Crippen molar-refractivity contribution >= 4 is 11.3 Å².